The molecule has 2 rings (SSSR count). The number of aryl methyl sites for hydroxylation is 3. The number of carbonyl (C=O) groups excluding carboxylic acids is 1. The van der Waals surface area contributed by atoms with Crippen molar-refractivity contribution >= 4 is 23.2 Å². The van der Waals surface area contributed by atoms with Crippen LogP contribution in [-0.2, 0) is 0 Å². The molecule has 0 unspecified atom stereocenters. The van der Waals surface area contributed by atoms with E-state index in [2.05, 4.69) is 5.32 Å². The van der Waals surface area contributed by atoms with Gasteiger partial charge in [0.05, 0.1) is 0 Å². The van der Waals surface area contributed by atoms with Gasteiger partial charge in [-0.1, -0.05) is 35.4 Å². The summed E-state index contributed by atoms with van der Waals surface area (Å²) >= 11 is 6.05. The average molecular weight is 274 g/mol. The third-order valence-electron chi connectivity index (χ3n) is 3.07. The number of rotatable bonds is 2. The van der Waals surface area contributed by atoms with Crippen LogP contribution in [-0.4, -0.2) is 5.91 Å². The van der Waals surface area contributed by atoms with Crippen LogP contribution in [0.4, 0.5) is 5.69 Å². The molecule has 1 amide bonds. The second kappa shape index (κ2) is 5.45. The van der Waals surface area contributed by atoms with Crippen LogP contribution in [0, 0.1) is 20.8 Å². The quantitative estimate of drug-likeness (QED) is 0.856. The largest absolute Gasteiger partial charge is 0.322 e. The summed E-state index contributed by atoms with van der Waals surface area (Å²) in [5.41, 5.74) is 4.42. The molecule has 0 aromatic heterocycles. The molecule has 3 heteroatoms. The third kappa shape index (κ3) is 3.15. The van der Waals surface area contributed by atoms with E-state index in [1.165, 1.54) is 0 Å². The number of benzene rings is 2. The van der Waals surface area contributed by atoms with E-state index in [9.17, 15) is 4.79 Å². The van der Waals surface area contributed by atoms with Crippen LogP contribution in [0.15, 0.2) is 36.4 Å². The van der Waals surface area contributed by atoms with Crippen molar-refractivity contribution in [1.82, 2.24) is 0 Å². The first-order valence-corrected chi connectivity index (χ1v) is 6.50. The van der Waals surface area contributed by atoms with E-state index >= 15 is 0 Å². The van der Waals surface area contributed by atoms with Crippen LogP contribution in [0.5, 0.6) is 0 Å². The lowest BCUT2D eigenvalue weighted by molar-refractivity contribution is 0.102. The molecule has 0 aliphatic carbocycles. The fraction of sp³-hybridized carbons (Fsp3) is 0.188. The Morgan fingerprint density at radius 3 is 2.37 bits per heavy atom. The molecule has 0 radical (unpaired) electrons. The molecule has 0 saturated heterocycles. The maximum Gasteiger partial charge on any atom is 0.255 e. The zero-order valence-electron chi connectivity index (χ0n) is 11.3. The molecule has 2 aromatic rings. The minimum Gasteiger partial charge on any atom is -0.322 e. The van der Waals surface area contributed by atoms with E-state index in [1.54, 1.807) is 6.07 Å². The molecular weight excluding hydrogens is 258 g/mol. The van der Waals surface area contributed by atoms with Gasteiger partial charge in [-0.15, -0.1) is 0 Å². The summed E-state index contributed by atoms with van der Waals surface area (Å²) in [5.74, 6) is -0.110. The highest BCUT2D eigenvalue weighted by atomic mass is 35.5. The standard InChI is InChI=1S/C16H16ClNO/c1-10-4-5-11(2)14(8-10)16(19)18-13-7-6-12(3)15(17)9-13/h4-9H,1-3H3,(H,18,19). The van der Waals surface area contributed by atoms with Gasteiger partial charge in [-0.25, -0.2) is 0 Å². The van der Waals surface area contributed by atoms with Crippen LogP contribution in [0.25, 0.3) is 0 Å². The van der Waals surface area contributed by atoms with E-state index < -0.39 is 0 Å². The lowest BCUT2D eigenvalue weighted by atomic mass is 10.0. The molecule has 19 heavy (non-hydrogen) atoms. The smallest absolute Gasteiger partial charge is 0.255 e. The normalized spacial score (nSPS) is 10.3. The first-order chi connectivity index (χ1) is 8.97. The van der Waals surface area contributed by atoms with Crippen LogP contribution in [0.3, 0.4) is 0 Å². The van der Waals surface area contributed by atoms with Gasteiger partial charge in [0.25, 0.3) is 5.91 Å². The highest BCUT2D eigenvalue weighted by Crippen LogP contribution is 2.21. The van der Waals surface area contributed by atoms with Gasteiger partial charge in [0, 0.05) is 16.3 Å². The first kappa shape index (κ1) is 13.6. The Hall–Kier alpha value is -1.80. The first-order valence-electron chi connectivity index (χ1n) is 6.12. The Balaban J connectivity index is 2.25. The Kier molecular flexibility index (Phi) is 3.91. The molecule has 0 aliphatic heterocycles. The topological polar surface area (TPSA) is 29.1 Å². The molecule has 0 atom stereocenters. The lowest BCUT2D eigenvalue weighted by Crippen LogP contribution is -2.13. The number of amides is 1. The highest BCUT2D eigenvalue weighted by molar-refractivity contribution is 6.31. The molecule has 2 aromatic carbocycles. The van der Waals surface area contributed by atoms with Crippen molar-refractivity contribution in [2.75, 3.05) is 5.32 Å². The molecule has 98 valence electrons. The molecule has 0 fully saturated rings. The Morgan fingerprint density at radius 2 is 1.68 bits per heavy atom. The number of anilines is 1. The fourth-order valence-electron chi connectivity index (χ4n) is 1.85. The number of hydrogen-bond donors (Lipinski definition) is 1. The number of halogens is 1. The summed E-state index contributed by atoms with van der Waals surface area (Å²) < 4.78 is 0. The van der Waals surface area contributed by atoms with E-state index in [0.717, 1.165) is 16.7 Å². The van der Waals surface area contributed by atoms with Crippen LogP contribution >= 0.6 is 11.6 Å². The van der Waals surface area contributed by atoms with Crippen LogP contribution in [0.1, 0.15) is 27.0 Å². The van der Waals surface area contributed by atoms with Gasteiger partial charge in [-0.3, -0.25) is 4.79 Å². The van der Waals surface area contributed by atoms with Crippen molar-refractivity contribution < 1.29 is 4.79 Å². The maximum atomic E-state index is 12.2. The molecule has 0 aliphatic rings. The van der Waals surface area contributed by atoms with E-state index in [1.807, 2.05) is 51.1 Å². The number of carbonyl (C=O) groups is 1. The summed E-state index contributed by atoms with van der Waals surface area (Å²) in [5, 5.41) is 3.52. The summed E-state index contributed by atoms with van der Waals surface area (Å²) in [7, 11) is 0. The number of hydrogen-bond acceptors (Lipinski definition) is 1. The van der Waals surface area contributed by atoms with Crippen molar-refractivity contribution in [2.24, 2.45) is 0 Å². The van der Waals surface area contributed by atoms with Crippen molar-refractivity contribution in [2.45, 2.75) is 20.8 Å². The highest BCUT2D eigenvalue weighted by Gasteiger charge is 2.10. The predicted octanol–water partition coefficient (Wildman–Crippen LogP) is 4.52. The molecule has 0 heterocycles. The fourth-order valence-corrected chi connectivity index (χ4v) is 2.03. The summed E-state index contributed by atoms with van der Waals surface area (Å²) in [6.07, 6.45) is 0. The second-order valence-electron chi connectivity index (χ2n) is 4.74. The van der Waals surface area contributed by atoms with E-state index in [-0.39, 0.29) is 5.91 Å². The van der Waals surface area contributed by atoms with Gasteiger partial charge in [0.15, 0.2) is 0 Å². The van der Waals surface area contributed by atoms with Crippen LogP contribution in [0.2, 0.25) is 5.02 Å². The molecule has 1 N–H and O–H groups in total. The Labute approximate surface area is 118 Å². The monoisotopic (exact) mass is 273 g/mol. The summed E-state index contributed by atoms with van der Waals surface area (Å²) in [6.45, 7) is 5.83. The van der Waals surface area contributed by atoms with Gasteiger partial charge < -0.3 is 5.32 Å². The number of nitrogens with one attached hydrogen (secondary N) is 1. The zero-order valence-corrected chi connectivity index (χ0v) is 12.0. The third-order valence-corrected chi connectivity index (χ3v) is 3.47. The summed E-state index contributed by atoms with van der Waals surface area (Å²) in [6, 6.07) is 11.3. The van der Waals surface area contributed by atoms with Crippen molar-refractivity contribution in [3.8, 4) is 0 Å². The minimum atomic E-state index is -0.110. The van der Waals surface area contributed by atoms with E-state index in [0.29, 0.717) is 16.3 Å². The van der Waals surface area contributed by atoms with Crippen molar-refractivity contribution in [1.29, 1.82) is 0 Å². The lowest BCUT2D eigenvalue weighted by Gasteiger charge is -2.09. The molecule has 2 nitrogen and oxygen atoms in total. The van der Waals surface area contributed by atoms with Gasteiger partial charge in [0.2, 0.25) is 0 Å². The Morgan fingerprint density at radius 1 is 1.00 bits per heavy atom. The van der Waals surface area contributed by atoms with Gasteiger partial charge in [0.1, 0.15) is 0 Å². The van der Waals surface area contributed by atoms with E-state index in [4.69, 9.17) is 11.6 Å². The van der Waals surface area contributed by atoms with Gasteiger partial charge >= 0.3 is 0 Å². The van der Waals surface area contributed by atoms with Crippen LogP contribution < -0.4 is 5.32 Å². The summed E-state index contributed by atoms with van der Waals surface area (Å²) in [4.78, 5) is 12.2. The average Bonchev–Trinajstić information content (AvgIpc) is 2.36. The minimum absolute atomic E-state index is 0.110. The SMILES string of the molecule is Cc1ccc(C)c(C(=O)Nc2ccc(C)c(Cl)c2)c1. The second-order valence-corrected chi connectivity index (χ2v) is 5.14. The molecule has 0 saturated carbocycles. The molecule has 0 bridgehead atoms. The predicted molar refractivity (Wildman–Crippen MR) is 80.1 cm³/mol. The van der Waals surface area contributed by atoms with Gasteiger partial charge in [-0.05, 0) is 50.1 Å². The van der Waals surface area contributed by atoms with Gasteiger partial charge in [-0.2, -0.15) is 0 Å². The Bertz CT molecular complexity index is 635. The van der Waals surface area contributed by atoms with Crippen molar-refractivity contribution in [3.63, 3.8) is 0 Å². The zero-order chi connectivity index (χ0) is 14.0. The molecule has 0 spiro atoms. The molecular formula is C16H16ClNO. The van der Waals surface area contributed by atoms with Crippen molar-refractivity contribution in [3.05, 3.63) is 63.7 Å². The maximum absolute atomic E-state index is 12.2.